The van der Waals surface area contributed by atoms with Crippen LogP contribution in [0.3, 0.4) is 0 Å². The second-order valence-electron chi connectivity index (χ2n) is 9.55. The lowest BCUT2D eigenvalue weighted by Crippen LogP contribution is -2.61. The number of amides is 2. The summed E-state index contributed by atoms with van der Waals surface area (Å²) in [4.78, 5) is 64.2. The molecule has 3 atom stereocenters. The summed E-state index contributed by atoms with van der Waals surface area (Å²) in [7, 11) is 0. The van der Waals surface area contributed by atoms with Gasteiger partial charge in [-0.05, 0) is 42.3 Å². The number of ether oxygens (including phenoxy) is 2. The fraction of sp³-hybridized carbons (Fsp3) is 0.333. The number of carbonyl (C=O) groups excluding carboxylic acids is 3. The Morgan fingerprint density at radius 3 is 2.16 bits per heavy atom. The Bertz CT molecular complexity index is 1460. The van der Waals surface area contributed by atoms with Crippen LogP contribution in [0.2, 0.25) is 0 Å². The summed E-state index contributed by atoms with van der Waals surface area (Å²) in [5, 5.41) is 33.9. The van der Waals surface area contributed by atoms with Crippen LogP contribution in [0.25, 0.3) is 0 Å². The van der Waals surface area contributed by atoms with Crippen LogP contribution in [0, 0.1) is 26.1 Å². The first kappa shape index (κ1) is 31.1. The maximum atomic E-state index is 13.1. The number of non-ortho nitro benzene ring substituents is 2. The van der Waals surface area contributed by atoms with E-state index in [4.69, 9.17) is 9.47 Å². The number of fused-ring (bicyclic) bond motifs is 1. The molecule has 0 saturated carbocycles. The molecule has 2 aliphatic heterocycles. The van der Waals surface area contributed by atoms with Gasteiger partial charge in [0.1, 0.15) is 18.9 Å². The topological polar surface area (TPSA) is 204 Å². The molecule has 43 heavy (non-hydrogen) atoms. The highest BCUT2D eigenvalue weighted by Gasteiger charge is 2.57. The van der Waals surface area contributed by atoms with E-state index < -0.39 is 33.9 Å². The molecule has 2 N–H and O–H groups in total. The molecule has 16 heteroatoms. The Balaban J connectivity index is 1.28. The van der Waals surface area contributed by atoms with Gasteiger partial charge in [0.2, 0.25) is 5.91 Å². The predicted molar refractivity (Wildman–Crippen MR) is 153 cm³/mol. The summed E-state index contributed by atoms with van der Waals surface area (Å²) in [5.41, 5.74) is 1.05. The van der Waals surface area contributed by atoms with Crippen molar-refractivity contribution in [2.45, 2.75) is 38.7 Å². The summed E-state index contributed by atoms with van der Waals surface area (Å²) >= 11 is 1.30. The van der Waals surface area contributed by atoms with Crippen molar-refractivity contribution < 1.29 is 38.8 Å². The van der Waals surface area contributed by atoms with Crippen molar-refractivity contribution in [2.75, 3.05) is 12.3 Å². The molecule has 4 rings (SSSR count). The van der Waals surface area contributed by atoms with Gasteiger partial charge in [0.15, 0.2) is 0 Å². The van der Waals surface area contributed by atoms with E-state index >= 15 is 0 Å². The van der Waals surface area contributed by atoms with Gasteiger partial charge in [0.05, 0.1) is 40.8 Å². The number of nitro groups is 2. The van der Waals surface area contributed by atoms with Crippen molar-refractivity contribution in [1.82, 2.24) is 10.2 Å². The standard InChI is InChI=1S/C27H27N5O10S/c1-16(33)23-21-12-22(24(30(21)25(23)34)26(35)41-13-17-2-6-19(7-3-17)31(37)38)43-11-10-28-15-29-27(36)42-14-18-4-8-20(9-5-18)32(39)40/h2-9,15-16,21,23,33H,10-14H2,1H3,(H,28,29,36)/t16-,21-,23-/m1/s1. The van der Waals surface area contributed by atoms with E-state index in [2.05, 4.69) is 10.3 Å². The number of β-lactam (4-membered cyclic amide) rings is 1. The number of aliphatic imine (C=N–C) groups is 1. The second-order valence-corrected chi connectivity index (χ2v) is 10.7. The molecule has 0 aromatic heterocycles. The molecule has 2 aromatic rings. The fourth-order valence-corrected chi connectivity index (χ4v) is 5.62. The van der Waals surface area contributed by atoms with Crippen LogP contribution in [0.5, 0.6) is 0 Å². The predicted octanol–water partition coefficient (Wildman–Crippen LogP) is 3.06. The van der Waals surface area contributed by atoms with Crippen molar-refractivity contribution in [3.05, 3.63) is 90.5 Å². The molecule has 2 aliphatic rings. The molecule has 226 valence electrons. The van der Waals surface area contributed by atoms with Crippen LogP contribution in [0.4, 0.5) is 16.2 Å². The maximum absolute atomic E-state index is 13.1. The molecule has 0 radical (unpaired) electrons. The Hall–Kier alpha value is -4.83. The quantitative estimate of drug-likeness (QED) is 0.0639. The number of carbonyl (C=O) groups is 3. The molecule has 1 saturated heterocycles. The largest absolute Gasteiger partial charge is 0.456 e. The SMILES string of the molecule is C[C@@H](O)[C@H]1C(=O)N2C(C(=O)OCc3ccc([N+](=O)[O-])cc3)=C(SCCN=CNC(=O)OCc3ccc([N+](=O)[O-])cc3)C[C@H]12. The van der Waals surface area contributed by atoms with Gasteiger partial charge in [-0.2, -0.15) is 0 Å². The number of aliphatic hydroxyl groups is 1. The van der Waals surface area contributed by atoms with Gasteiger partial charge in [0.25, 0.3) is 11.4 Å². The average Bonchev–Trinajstić information content (AvgIpc) is 3.30. The van der Waals surface area contributed by atoms with Gasteiger partial charge in [-0.3, -0.25) is 35.3 Å². The molecule has 1 fully saturated rings. The minimum Gasteiger partial charge on any atom is -0.456 e. The first-order valence-electron chi connectivity index (χ1n) is 13.0. The summed E-state index contributed by atoms with van der Waals surface area (Å²) in [6.07, 6.45) is -0.115. The Kier molecular flexibility index (Phi) is 10.0. The number of thioether (sulfide) groups is 1. The number of benzene rings is 2. The third kappa shape index (κ3) is 7.52. The molecule has 2 heterocycles. The molecular weight excluding hydrogens is 586 g/mol. The normalized spacial score (nSPS) is 18.2. The third-order valence-electron chi connectivity index (χ3n) is 6.69. The highest BCUT2D eigenvalue weighted by Crippen LogP contribution is 2.47. The van der Waals surface area contributed by atoms with E-state index in [-0.39, 0.29) is 48.8 Å². The Labute approximate surface area is 248 Å². The molecule has 2 amide bonds. The van der Waals surface area contributed by atoms with Gasteiger partial charge >= 0.3 is 12.1 Å². The van der Waals surface area contributed by atoms with E-state index in [0.29, 0.717) is 28.2 Å². The number of nitro benzene ring substituents is 2. The number of rotatable bonds is 13. The van der Waals surface area contributed by atoms with E-state index in [1.165, 1.54) is 78.5 Å². The van der Waals surface area contributed by atoms with E-state index in [9.17, 15) is 39.7 Å². The molecule has 0 spiro atoms. The smallest absolute Gasteiger partial charge is 0.412 e. The lowest BCUT2D eigenvalue weighted by atomic mass is 9.83. The molecule has 0 unspecified atom stereocenters. The molecule has 0 bridgehead atoms. The zero-order valence-corrected chi connectivity index (χ0v) is 23.6. The van der Waals surface area contributed by atoms with Crippen LogP contribution in [-0.2, 0) is 32.3 Å². The summed E-state index contributed by atoms with van der Waals surface area (Å²) < 4.78 is 10.5. The van der Waals surface area contributed by atoms with E-state index in [1.54, 1.807) is 0 Å². The van der Waals surface area contributed by atoms with Crippen molar-refractivity contribution in [2.24, 2.45) is 10.9 Å². The average molecular weight is 614 g/mol. The van der Waals surface area contributed by atoms with Gasteiger partial charge in [0, 0.05) is 41.3 Å². The highest BCUT2D eigenvalue weighted by molar-refractivity contribution is 8.03. The van der Waals surface area contributed by atoms with Crippen molar-refractivity contribution in [3.8, 4) is 0 Å². The van der Waals surface area contributed by atoms with Gasteiger partial charge in [-0.1, -0.05) is 0 Å². The minimum atomic E-state index is -0.883. The highest BCUT2D eigenvalue weighted by atomic mass is 32.2. The van der Waals surface area contributed by atoms with Gasteiger partial charge < -0.3 is 19.5 Å². The van der Waals surface area contributed by atoms with Gasteiger partial charge in [-0.25, -0.2) is 9.59 Å². The first-order chi connectivity index (χ1) is 20.6. The molecular formula is C27H27N5O10S. The number of hydrogen-bond donors (Lipinski definition) is 2. The van der Waals surface area contributed by atoms with Crippen LogP contribution in [0.15, 0.2) is 64.1 Å². The molecule has 0 aliphatic carbocycles. The summed E-state index contributed by atoms with van der Waals surface area (Å²) in [6, 6.07) is 10.8. The lowest BCUT2D eigenvalue weighted by molar-refractivity contribution is -0.385. The van der Waals surface area contributed by atoms with Crippen molar-refractivity contribution in [3.63, 3.8) is 0 Å². The molecule has 2 aromatic carbocycles. The number of nitrogens with one attached hydrogen (secondary N) is 1. The minimum absolute atomic E-state index is 0.0722. The number of alkyl carbamates (subject to hydrolysis) is 1. The summed E-state index contributed by atoms with van der Waals surface area (Å²) in [6.45, 7) is 1.53. The van der Waals surface area contributed by atoms with E-state index in [1.807, 2.05) is 0 Å². The van der Waals surface area contributed by atoms with Crippen LogP contribution in [-0.4, -0.2) is 68.6 Å². The van der Waals surface area contributed by atoms with Crippen molar-refractivity contribution in [1.29, 1.82) is 0 Å². The molecule has 15 nitrogen and oxygen atoms in total. The zero-order chi connectivity index (χ0) is 31.1. The Morgan fingerprint density at radius 2 is 1.63 bits per heavy atom. The maximum Gasteiger partial charge on any atom is 0.412 e. The monoisotopic (exact) mass is 613 g/mol. The number of nitrogens with zero attached hydrogens (tertiary/aromatic N) is 4. The fourth-order valence-electron chi connectivity index (χ4n) is 4.57. The van der Waals surface area contributed by atoms with Crippen LogP contribution in [0.1, 0.15) is 24.5 Å². The number of hydrogen-bond acceptors (Lipinski definition) is 12. The zero-order valence-electron chi connectivity index (χ0n) is 22.8. The van der Waals surface area contributed by atoms with E-state index in [0.717, 1.165) is 0 Å². The lowest BCUT2D eigenvalue weighted by Gasteiger charge is -2.44. The van der Waals surface area contributed by atoms with Crippen LogP contribution < -0.4 is 5.32 Å². The van der Waals surface area contributed by atoms with Crippen molar-refractivity contribution >= 4 is 47.4 Å². The van der Waals surface area contributed by atoms with Crippen LogP contribution >= 0.6 is 11.8 Å². The van der Waals surface area contributed by atoms with Gasteiger partial charge in [-0.15, -0.1) is 11.8 Å². The summed E-state index contributed by atoms with van der Waals surface area (Å²) in [5.74, 6) is -1.32. The number of aliphatic hydroxyl groups excluding tert-OH is 1. The third-order valence-corrected chi connectivity index (χ3v) is 7.78. The Morgan fingerprint density at radius 1 is 1.07 bits per heavy atom. The first-order valence-corrected chi connectivity index (χ1v) is 14.0. The number of esters is 1. The second kappa shape index (κ2) is 13.9.